The van der Waals surface area contributed by atoms with Gasteiger partial charge in [0.15, 0.2) is 5.76 Å². The lowest BCUT2D eigenvalue weighted by atomic mass is 9.96. The zero-order chi connectivity index (χ0) is 17.6. The summed E-state index contributed by atoms with van der Waals surface area (Å²) in [6.45, 7) is 1.93. The van der Waals surface area contributed by atoms with Gasteiger partial charge in [0.05, 0.1) is 5.39 Å². The van der Waals surface area contributed by atoms with Gasteiger partial charge in [0.1, 0.15) is 5.82 Å². The van der Waals surface area contributed by atoms with Crippen molar-refractivity contribution in [2.75, 3.05) is 4.90 Å². The molecule has 0 unspecified atom stereocenters. The number of carbonyl (C=O) groups is 1. The number of nitrogens with zero attached hydrogens (tertiary/aromatic N) is 1. The van der Waals surface area contributed by atoms with Crippen molar-refractivity contribution in [1.82, 2.24) is 0 Å². The molecule has 0 saturated heterocycles. The first kappa shape index (κ1) is 15.6. The van der Waals surface area contributed by atoms with Gasteiger partial charge in [-0.25, -0.2) is 9.18 Å². The molecule has 0 saturated carbocycles. The van der Waals surface area contributed by atoms with Crippen LogP contribution in [0, 0.1) is 5.82 Å². The summed E-state index contributed by atoms with van der Waals surface area (Å²) in [5.41, 5.74) is 0.918. The molecule has 1 amide bonds. The van der Waals surface area contributed by atoms with E-state index in [1.165, 1.54) is 12.1 Å². The monoisotopic (exact) mass is 337 g/mol. The minimum absolute atomic E-state index is 0.00674. The molecule has 2 heterocycles. The van der Waals surface area contributed by atoms with Gasteiger partial charge in [0.2, 0.25) is 0 Å². The average Bonchev–Trinajstić information content (AvgIpc) is 2.61. The SMILES string of the molecule is C[C@H]1CCc2cc(F)ccc2N1C(=O)c1cc2ccccc2c(=O)o1. The molecule has 0 radical (unpaired) electrons. The van der Waals surface area contributed by atoms with Crippen LogP contribution in [0.1, 0.15) is 29.5 Å². The second-order valence-electron chi connectivity index (χ2n) is 6.32. The van der Waals surface area contributed by atoms with Crippen LogP contribution in [0.3, 0.4) is 0 Å². The highest BCUT2D eigenvalue weighted by Crippen LogP contribution is 2.32. The van der Waals surface area contributed by atoms with Crippen molar-refractivity contribution in [3.63, 3.8) is 0 Å². The predicted octanol–water partition coefficient (Wildman–Crippen LogP) is 3.91. The van der Waals surface area contributed by atoms with Crippen molar-refractivity contribution in [1.29, 1.82) is 0 Å². The third-order valence-corrected chi connectivity index (χ3v) is 4.67. The van der Waals surface area contributed by atoms with Crippen LogP contribution in [0.2, 0.25) is 0 Å². The van der Waals surface area contributed by atoms with E-state index in [0.717, 1.165) is 12.0 Å². The van der Waals surface area contributed by atoms with Crippen molar-refractivity contribution in [2.45, 2.75) is 25.8 Å². The molecule has 0 spiro atoms. The molecule has 1 aliphatic rings. The number of anilines is 1. The van der Waals surface area contributed by atoms with Gasteiger partial charge in [-0.3, -0.25) is 4.79 Å². The van der Waals surface area contributed by atoms with Gasteiger partial charge in [0.25, 0.3) is 5.91 Å². The molecule has 0 N–H and O–H groups in total. The largest absolute Gasteiger partial charge is 0.417 e. The second kappa shape index (κ2) is 5.84. The first-order valence-corrected chi connectivity index (χ1v) is 8.19. The fourth-order valence-electron chi connectivity index (χ4n) is 3.39. The van der Waals surface area contributed by atoms with Crippen LogP contribution < -0.4 is 10.5 Å². The number of fused-ring (bicyclic) bond motifs is 2. The first-order valence-electron chi connectivity index (χ1n) is 8.19. The van der Waals surface area contributed by atoms with E-state index in [-0.39, 0.29) is 23.5 Å². The first-order chi connectivity index (χ1) is 12.0. The molecular weight excluding hydrogens is 321 g/mol. The summed E-state index contributed by atoms with van der Waals surface area (Å²) in [4.78, 5) is 26.8. The standard InChI is InChI=1S/C20H16FNO3/c1-12-6-7-14-10-15(21)8-9-17(14)22(12)19(23)18-11-13-4-2-3-5-16(13)20(24)25-18/h2-5,8-12H,6-7H2,1H3/t12-/m0/s1. The fraction of sp³-hybridized carbons (Fsp3) is 0.200. The lowest BCUT2D eigenvalue weighted by molar-refractivity contribution is 0.0944. The third kappa shape index (κ3) is 2.61. The molecule has 1 aromatic heterocycles. The molecule has 3 aromatic rings. The minimum Gasteiger partial charge on any atom is -0.417 e. The Hall–Kier alpha value is -2.95. The molecule has 0 aliphatic carbocycles. The number of aryl methyl sites for hydroxylation is 1. The molecule has 4 rings (SSSR count). The van der Waals surface area contributed by atoms with Crippen molar-refractivity contribution in [2.24, 2.45) is 0 Å². The Morgan fingerprint density at radius 3 is 2.84 bits per heavy atom. The van der Waals surface area contributed by atoms with Crippen LogP contribution >= 0.6 is 0 Å². The molecule has 0 fully saturated rings. The quantitative estimate of drug-likeness (QED) is 0.676. The van der Waals surface area contributed by atoms with Crippen molar-refractivity contribution < 1.29 is 13.6 Å². The van der Waals surface area contributed by atoms with Crippen LogP contribution in [0.5, 0.6) is 0 Å². The maximum atomic E-state index is 13.5. The molecule has 2 aromatic carbocycles. The topological polar surface area (TPSA) is 50.5 Å². The lowest BCUT2D eigenvalue weighted by Crippen LogP contribution is -2.42. The van der Waals surface area contributed by atoms with Gasteiger partial charge in [-0.1, -0.05) is 18.2 Å². The number of carbonyl (C=O) groups excluding carboxylic acids is 1. The molecule has 4 nitrogen and oxygen atoms in total. The maximum Gasteiger partial charge on any atom is 0.344 e. The summed E-state index contributed by atoms with van der Waals surface area (Å²) in [6, 6.07) is 12.9. The Morgan fingerprint density at radius 2 is 2.00 bits per heavy atom. The molecule has 0 bridgehead atoms. The lowest BCUT2D eigenvalue weighted by Gasteiger charge is -2.34. The van der Waals surface area contributed by atoms with Gasteiger partial charge in [-0.05, 0) is 61.0 Å². The number of amides is 1. The maximum absolute atomic E-state index is 13.5. The van der Waals surface area contributed by atoms with E-state index in [9.17, 15) is 14.0 Å². The molecular formula is C20H16FNO3. The fourth-order valence-corrected chi connectivity index (χ4v) is 3.39. The second-order valence-corrected chi connectivity index (χ2v) is 6.32. The third-order valence-electron chi connectivity index (χ3n) is 4.67. The van der Waals surface area contributed by atoms with Crippen molar-refractivity contribution >= 4 is 22.4 Å². The van der Waals surface area contributed by atoms with Crippen LogP contribution in [0.15, 0.2) is 57.7 Å². The molecule has 126 valence electrons. The number of rotatable bonds is 1. The molecule has 1 atom stereocenters. The molecule has 25 heavy (non-hydrogen) atoms. The number of benzene rings is 2. The minimum atomic E-state index is -0.537. The van der Waals surface area contributed by atoms with Crippen molar-refractivity contribution in [3.05, 3.63) is 76.1 Å². The number of hydrogen-bond donors (Lipinski definition) is 0. The zero-order valence-electron chi connectivity index (χ0n) is 13.7. The molecule has 1 aliphatic heterocycles. The summed E-state index contributed by atoms with van der Waals surface area (Å²) in [7, 11) is 0. The Balaban J connectivity index is 1.83. The Labute approximate surface area is 143 Å². The Bertz CT molecular complexity index is 1040. The van der Waals surface area contributed by atoms with Gasteiger partial charge >= 0.3 is 5.63 Å². The van der Waals surface area contributed by atoms with Gasteiger partial charge < -0.3 is 9.32 Å². The molecule has 5 heteroatoms. The highest BCUT2D eigenvalue weighted by atomic mass is 19.1. The highest BCUT2D eigenvalue weighted by molar-refractivity contribution is 6.06. The summed E-state index contributed by atoms with van der Waals surface area (Å²) >= 11 is 0. The van der Waals surface area contributed by atoms with Crippen LogP contribution in [-0.2, 0) is 6.42 Å². The van der Waals surface area contributed by atoms with E-state index >= 15 is 0 Å². The van der Waals surface area contributed by atoms with E-state index in [4.69, 9.17) is 4.42 Å². The predicted molar refractivity (Wildman–Crippen MR) is 93.5 cm³/mol. The summed E-state index contributed by atoms with van der Waals surface area (Å²) in [6.07, 6.45) is 1.43. The van der Waals surface area contributed by atoms with E-state index in [2.05, 4.69) is 0 Å². The summed E-state index contributed by atoms with van der Waals surface area (Å²) in [5.74, 6) is -0.714. The van der Waals surface area contributed by atoms with Crippen LogP contribution in [0.4, 0.5) is 10.1 Å². The van der Waals surface area contributed by atoms with Crippen LogP contribution in [-0.4, -0.2) is 11.9 Å². The zero-order valence-corrected chi connectivity index (χ0v) is 13.7. The normalized spacial score (nSPS) is 16.7. The smallest absolute Gasteiger partial charge is 0.344 e. The Morgan fingerprint density at radius 1 is 1.20 bits per heavy atom. The van der Waals surface area contributed by atoms with E-state index in [1.54, 1.807) is 41.3 Å². The van der Waals surface area contributed by atoms with Gasteiger partial charge in [0, 0.05) is 11.7 Å². The van der Waals surface area contributed by atoms with E-state index in [0.29, 0.717) is 22.9 Å². The van der Waals surface area contributed by atoms with E-state index < -0.39 is 5.63 Å². The van der Waals surface area contributed by atoms with E-state index in [1.807, 2.05) is 6.92 Å². The average molecular weight is 337 g/mol. The number of hydrogen-bond acceptors (Lipinski definition) is 3. The van der Waals surface area contributed by atoms with Gasteiger partial charge in [-0.15, -0.1) is 0 Å². The van der Waals surface area contributed by atoms with Gasteiger partial charge in [-0.2, -0.15) is 0 Å². The summed E-state index contributed by atoms with van der Waals surface area (Å²) < 4.78 is 18.8. The van der Waals surface area contributed by atoms with Crippen LogP contribution in [0.25, 0.3) is 10.8 Å². The summed E-state index contributed by atoms with van der Waals surface area (Å²) in [5, 5.41) is 1.10. The Kier molecular flexibility index (Phi) is 3.64. The van der Waals surface area contributed by atoms with Crippen molar-refractivity contribution in [3.8, 4) is 0 Å². The highest BCUT2D eigenvalue weighted by Gasteiger charge is 2.30. The number of halogens is 1.